The van der Waals surface area contributed by atoms with Crippen LogP contribution in [0.2, 0.25) is 0 Å². The minimum absolute atomic E-state index is 0.0384. The van der Waals surface area contributed by atoms with E-state index in [1.807, 2.05) is 50.2 Å². The Kier molecular flexibility index (Phi) is 6.40. The highest BCUT2D eigenvalue weighted by molar-refractivity contribution is 5.83. The van der Waals surface area contributed by atoms with Crippen molar-refractivity contribution >= 4 is 10.8 Å². The number of nitriles is 1. The van der Waals surface area contributed by atoms with Gasteiger partial charge in [0.15, 0.2) is 0 Å². The number of rotatable bonds is 8. The molecule has 2 atom stereocenters. The van der Waals surface area contributed by atoms with Crippen molar-refractivity contribution in [2.24, 2.45) is 5.92 Å². The van der Waals surface area contributed by atoms with Crippen LogP contribution in [0.5, 0.6) is 5.75 Å². The molecule has 1 N–H and O–H groups in total. The number of likely N-dealkylation sites (N-methyl/N-ethyl adjacent to an activating group) is 1. The first kappa shape index (κ1) is 17.3. The fourth-order valence-electron chi connectivity index (χ4n) is 2.56. The van der Waals surface area contributed by atoms with E-state index in [1.165, 1.54) is 5.39 Å². The number of benzene rings is 2. The van der Waals surface area contributed by atoms with Crippen LogP contribution in [0.4, 0.5) is 0 Å². The van der Waals surface area contributed by atoms with Crippen LogP contribution >= 0.6 is 0 Å². The highest BCUT2D eigenvalue weighted by Crippen LogP contribution is 2.20. The van der Waals surface area contributed by atoms with Gasteiger partial charge in [0.25, 0.3) is 0 Å². The number of hydrogen-bond donors (Lipinski definition) is 1. The van der Waals surface area contributed by atoms with Gasteiger partial charge in [0.1, 0.15) is 18.5 Å². The first-order chi connectivity index (χ1) is 11.1. The largest absolute Gasteiger partial charge is 0.491 e. The van der Waals surface area contributed by atoms with Gasteiger partial charge >= 0.3 is 0 Å². The van der Waals surface area contributed by atoms with Gasteiger partial charge in [-0.2, -0.15) is 5.26 Å². The summed E-state index contributed by atoms with van der Waals surface area (Å²) < 4.78 is 5.71. The second-order valence-corrected chi connectivity index (χ2v) is 5.86. The fraction of sp³-hybridized carbons (Fsp3) is 0.421. The van der Waals surface area contributed by atoms with E-state index in [1.54, 1.807) is 0 Å². The molecule has 0 aliphatic carbocycles. The molecule has 2 rings (SSSR count). The molecule has 0 amide bonds. The third kappa shape index (κ3) is 5.24. The van der Waals surface area contributed by atoms with Crippen molar-refractivity contribution in [3.8, 4) is 11.8 Å². The summed E-state index contributed by atoms with van der Waals surface area (Å²) in [4.78, 5) is 2.07. The van der Waals surface area contributed by atoms with Gasteiger partial charge in [-0.05, 0) is 36.4 Å². The van der Waals surface area contributed by atoms with Gasteiger partial charge in [0.05, 0.1) is 12.0 Å². The van der Waals surface area contributed by atoms with Gasteiger partial charge in [0, 0.05) is 13.1 Å². The van der Waals surface area contributed by atoms with Crippen molar-refractivity contribution in [1.29, 1.82) is 5.26 Å². The Morgan fingerprint density at radius 3 is 2.61 bits per heavy atom. The van der Waals surface area contributed by atoms with Crippen molar-refractivity contribution < 1.29 is 9.84 Å². The molecule has 122 valence electrons. The summed E-state index contributed by atoms with van der Waals surface area (Å²) in [7, 11) is 0. The highest BCUT2D eigenvalue weighted by Gasteiger charge is 2.13. The maximum absolute atomic E-state index is 10.2. The predicted octanol–water partition coefficient (Wildman–Crippen LogP) is 3.06. The predicted molar refractivity (Wildman–Crippen MR) is 92.3 cm³/mol. The van der Waals surface area contributed by atoms with E-state index in [2.05, 4.69) is 17.0 Å². The van der Waals surface area contributed by atoms with Crippen molar-refractivity contribution in [2.75, 3.05) is 26.2 Å². The zero-order chi connectivity index (χ0) is 16.7. The maximum Gasteiger partial charge on any atom is 0.120 e. The Labute approximate surface area is 137 Å². The Bertz CT molecular complexity index is 666. The van der Waals surface area contributed by atoms with Crippen molar-refractivity contribution in [3.05, 3.63) is 42.5 Å². The lowest BCUT2D eigenvalue weighted by Crippen LogP contribution is -2.37. The number of fused-ring (bicyclic) bond motifs is 1. The summed E-state index contributed by atoms with van der Waals surface area (Å²) in [5, 5.41) is 21.3. The Morgan fingerprint density at radius 1 is 1.17 bits per heavy atom. The summed E-state index contributed by atoms with van der Waals surface area (Å²) in [6.07, 6.45) is -0.577. The van der Waals surface area contributed by atoms with Gasteiger partial charge in [-0.15, -0.1) is 0 Å². The number of aliphatic hydroxyl groups excluding tert-OH is 1. The zero-order valence-electron chi connectivity index (χ0n) is 13.8. The van der Waals surface area contributed by atoms with Gasteiger partial charge in [0.2, 0.25) is 0 Å². The molecule has 0 aliphatic heterocycles. The molecule has 0 saturated carbocycles. The van der Waals surface area contributed by atoms with Gasteiger partial charge < -0.3 is 9.84 Å². The smallest absolute Gasteiger partial charge is 0.120 e. The van der Waals surface area contributed by atoms with Crippen LogP contribution in [0.15, 0.2) is 42.5 Å². The fourth-order valence-corrected chi connectivity index (χ4v) is 2.56. The zero-order valence-corrected chi connectivity index (χ0v) is 13.8. The van der Waals surface area contributed by atoms with Gasteiger partial charge in [-0.25, -0.2) is 0 Å². The van der Waals surface area contributed by atoms with Crippen LogP contribution < -0.4 is 4.74 Å². The van der Waals surface area contributed by atoms with Crippen LogP contribution in [-0.2, 0) is 0 Å². The second kappa shape index (κ2) is 8.52. The standard InChI is InChI=1S/C19H24N2O2/c1-3-21(12-15(2)11-20)13-18(22)14-23-19-9-8-16-6-4-5-7-17(16)10-19/h4-10,15,18,22H,3,12-14H2,1-2H3. The van der Waals surface area contributed by atoms with Crippen molar-refractivity contribution in [2.45, 2.75) is 20.0 Å². The first-order valence-electron chi connectivity index (χ1n) is 8.04. The van der Waals surface area contributed by atoms with Gasteiger partial charge in [-0.1, -0.05) is 37.3 Å². The number of hydrogen-bond acceptors (Lipinski definition) is 4. The SMILES string of the molecule is CCN(CC(C)C#N)CC(O)COc1ccc2ccccc2c1. The lowest BCUT2D eigenvalue weighted by Gasteiger charge is -2.24. The maximum atomic E-state index is 10.2. The summed E-state index contributed by atoms with van der Waals surface area (Å²) in [6.45, 7) is 6.15. The quantitative estimate of drug-likeness (QED) is 0.814. The van der Waals surface area contributed by atoms with E-state index >= 15 is 0 Å². The van der Waals surface area contributed by atoms with E-state index in [0.29, 0.717) is 13.1 Å². The second-order valence-electron chi connectivity index (χ2n) is 5.86. The minimum atomic E-state index is -0.577. The average Bonchev–Trinajstić information content (AvgIpc) is 2.59. The molecular weight excluding hydrogens is 288 g/mol. The van der Waals surface area contributed by atoms with E-state index in [0.717, 1.165) is 17.7 Å². The monoisotopic (exact) mass is 312 g/mol. The number of ether oxygens (including phenoxy) is 1. The van der Waals surface area contributed by atoms with Gasteiger partial charge in [-0.3, -0.25) is 4.90 Å². The van der Waals surface area contributed by atoms with Crippen LogP contribution in [-0.4, -0.2) is 42.4 Å². The molecule has 0 saturated heterocycles. The molecule has 2 aromatic carbocycles. The number of nitrogens with zero attached hydrogens (tertiary/aromatic N) is 2. The lowest BCUT2D eigenvalue weighted by molar-refractivity contribution is 0.0676. The highest BCUT2D eigenvalue weighted by atomic mass is 16.5. The molecule has 0 fully saturated rings. The van der Waals surface area contributed by atoms with Crippen molar-refractivity contribution in [1.82, 2.24) is 4.90 Å². The van der Waals surface area contributed by atoms with Crippen LogP contribution in [0.1, 0.15) is 13.8 Å². The summed E-state index contributed by atoms with van der Waals surface area (Å²) in [6, 6.07) is 16.3. The number of aliphatic hydroxyl groups is 1. The molecule has 4 heteroatoms. The molecular formula is C19H24N2O2. The van der Waals surface area contributed by atoms with E-state index in [9.17, 15) is 5.11 Å². The Morgan fingerprint density at radius 2 is 1.91 bits per heavy atom. The average molecular weight is 312 g/mol. The first-order valence-corrected chi connectivity index (χ1v) is 8.04. The minimum Gasteiger partial charge on any atom is -0.491 e. The van der Waals surface area contributed by atoms with Crippen LogP contribution in [0, 0.1) is 17.2 Å². The Hall–Kier alpha value is -2.09. The third-order valence-electron chi connectivity index (χ3n) is 3.83. The molecule has 0 spiro atoms. The summed E-state index contributed by atoms with van der Waals surface area (Å²) >= 11 is 0. The van der Waals surface area contributed by atoms with E-state index in [-0.39, 0.29) is 12.5 Å². The van der Waals surface area contributed by atoms with Crippen molar-refractivity contribution in [3.63, 3.8) is 0 Å². The molecule has 2 unspecified atom stereocenters. The summed E-state index contributed by atoms with van der Waals surface area (Å²) in [5.41, 5.74) is 0. The molecule has 2 aromatic rings. The molecule has 0 heterocycles. The molecule has 0 aliphatic rings. The third-order valence-corrected chi connectivity index (χ3v) is 3.83. The topological polar surface area (TPSA) is 56.5 Å². The van der Waals surface area contributed by atoms with Crippen LogP contribution in [0.3, 0.4) is 0 Å². The molecule has 4 nitrogen and oxygen atoms in total. The van der Waals surface area contributed by atoms with E-state index < -0.39 is 6.10 Å². The molecule has 0 aromatic heterocycles. The van der Waals surface area contributed by atoms with E-state index in [4.69, 9.17) is 10.00 Å². The molecule has 0 radical (unpaired) electrons. The normalized spacial score (nSPS) is 13.7. The van der Waals surface area contributed by atoms with Crippen LogP contribution in [0.25, 0.3) is 10.8 Å². The molecule has 23 heavy (non-hydrogen) atoms. The Balaban J connectivity index is 1.87. The molecule has 0 bridgehead atoms. The lowest BCUT2D eigenvalue weighted by atomic mass is 10.1. The summed E-state index contributed by atoms with van der Waals surface area (Å²) in [5.74, 6) is 0.722.